The number of imide groups is 1. The third-order valence-electron chi connectivity index (χ3n) is 1.95. The summed E-state index contributed by atoms with van der Waals surface area (Å²) in [5.74, 6) is -0.655. The lowest BCUT2D eigenvalue weighted by Gasteiger charge is -2.31. The Morgan fingerprint density at radius 2 is 2.23 bits per heavy atom. The van der Waals surface area contributed by atoms with E-state index >= 15 is 0 Å². The maximum absolute atomic E-state index is 11.3. The molecule has 0 spiro atoms. The standard InChI is InChI=1S/C9H10N2O2/c1-6(2)7-5-11(9(7)13)8(12)3-4-10/h3,5H2,1-2H3. The van der Waals surface area contributed by atoms with Crippen LogP contribution in [0.3, 0.4) is 0 Å². The zero-order valence-electron chi connectivity index (χ0n) is 7.63. The lowest BCUT2D eigenvalue weighted by atomic mass is 10.0. The van der Waals surface area contributed by atoms with Crippen molar-refractivity contribution < 1.29 is 9.59 Å². The van der Waals surface area contributed by atoms with Gasteiger partial charge in [-0.3, -0.25) is 14.5 Å². The molecule has 1 aliphatic heterocycles. The van der Waals surface area contributed by atoms with Gasteiger partial charge in [-0.25, -0.2) is 0 Å². The van der Waals surface area contributed by atoms with Crippen molar-refractivity contribution in [3.8, 4) is 6.07 Å². The van der Waals surface area contributed by atoms with E-state index in [1.54, 1.807) is 6.07 Å². The minimum Gasteiger partial charge on any atom is -0.273 e. The molecule has 13 heavy (non-hydrogen) atoms. The normalized spacial score (nSPS) is 15.0. The molecule has 1 saturated heterocycles. The monoisotopic (exact) mass is 178 g/mol. The van der Waals surface area contributed by atoms with Crippen molar-refractivity contribution in [2.75, 3.05) is 6.54 Å². The third-order valence-corrected chi connectivity index (χ3v) is 1.95. The summed E-state index contributed by atoms with van der Waals surface area (Å²) in [5, 5.41) is 8.25. The van der Waals surface area contributed by atoms with Crippen molar-refractivity contribution in [3.63, 3.8) is 0 Å². The first-order chi connectivity index (χ1) is 6.07. The predicted octanol–water partition coefficient (Wildman–Crippen LogP) is 0.605. The quantitative estimate of drug-likeness (QED) is 0.436. The van der Waals surface area contributed by atoms with Crippen LogP contribution in [0.25, 0.3) is 0 Å². The fraction of sp³-hybridized carbons (Fsp3) is 0.444. The first-order valence-corrected chi connectivity index (χ1v) is 3.96. The SMILES string of the molecule is CC(C)=C1CN(C(=O)CC#N)C1=O. The lowest BCUT2D eigenvalue weighted by Crippen LogP contribution is -2.50. The van der Waals surface area contributed by atoms with E-state index in [1.807, 2.05) is 13.8 Å². The molecule has 0 aromatic heterocycles. The molecule has 0 unspecified atom stereocenters. The van der Waals surface area contributed by atoms with Gasteiger partial charge in [-0.1, -0.05) is 5.57 Å². The number of β-lactam (4-membered cyclic amide) rings is 1. The summed E-state index contributed by atoms with van der Waals surface area (Å²) < 4.78 is 0. The number of likely N-dealkylation sites (tertiary alicyclic amines) is 1. The van der Waals surface area contributed by atoms with Gasteiger partial charge in [-0.2, -0.15) is 5.26 Å². The first-order valence-electron chi connectivity index (χ1n) is 3.96. The van der Waals surface area contributed by atoms with E-state index in [4.69, 9.17) is 5.26 Å². The zero-order chi connectivity index (χ0) is 10.0. The molecular formula is C9H10N2O2. The number of nitrogens with zero attached hydrogens (tertiary/aromatic N) is 2. The molecule has 2 amide bonds. The van der Waals surface area contributed by atoms with Gasteiger partial charge in [-0.15, -0.1) is 0 Å². The average Bonchev–Trinajstić information content (AvgIpc) is 2.01. The first kappa shape index (κ1) is 9.46. The second kappa shape index (κ2) is 3.40. The maximum Gasteiger partial charge on any atom is 0.258 e. The van der Waals surface area contributed by atoms with E-state index in [1.165, 1.54) is 0 Å². The topological polar surface area (TPSA) is 61.2 Å². The zero-order valence-corrected chi connectivity index (χ0v) is 7.63. The van der Waals surface area contributed by atoms with Crippen LogP contribution < -0.4 is 0 Å². The van der Waals surface area contributed by atoms with E-state index in [9.17, 15) is 9.59 Å². The van der Waals surface area contributed by atoms with Gasteiger partial charge >= 0.3 is 0 Å². The fourth-order valence-electron chi connectivity index (χ4n) is 1.11. The molecule has 4 heteroatoms. The van der Waals surface area contributed by atoms with Crippen LogP contribution in [0, 0.1) is 11.3 Å². The van der Waals surface area contributed by atoms with Crippen LogP contribution in [0.1, 0.15) is 20.3 Å². The smallest absolute Gasteiger partial charge is 0.258 e. The fourth-order valence-corrected chi connectivity index (χ4v) is 1.11. The second-order valence-electron chi connectivity index (χ2n) is 3.10. The van der Waals surface area contributed by atoms with E-state index in [0.717, 1.165) is 10.5 Å². The van der Waals surface area contributed by atoms with Crippen molar-refractivity contribution in [1.82, 2.24) is 4.90 Å². The Morgan fingerprint density at radius 1 is 1.62 bits per heavy atom. The van der Waals surface area contributed by atoms with Crippen LogP contribution in [-0.2, 0) is 9.59 Å². The van der Waals surface area contributed by atoms with Crippen LogP contribution in [-0.4, -0.2) is 23.3 Å². The summed E-state index contributed by atoms with van der Waals surface area (Å²) >= 11 is 0. The highest BCUT2D eigenvalue weighted by Gasteiger charge is 2.35. The summed E-state index contributed by atoms with van der Waals surface area (Å²) in [7, 11) is 0. The average molecular weight is 178 g/mol. The molecule has 4 nitrogen and oxygen atoms in total. The van der Waals surface area contributed by atoms with Gasteiger partial charge in [0.25, 0.3) is 5.91 Å². The highest BCUT2D eigenvalue weighted by molar-refractivity contribution is 6.11. The number of nitriles is 1. The van der Waals surface area contributed by atoms with Gasteiger partial charge < -0.3 is 0 Å². The molecule has 1 heterocycles. The number of hydrogen-bond donors (Lipinski definition) is 0. The maximum atomic E-state index is 11.3. The summed E-state index contributed by atoms with van der Waals surface area (Å²) in [6.07, 6.45) is -0.220. The Bertz CT molecular complexity index is 332. The van der Waals surface area contributed by atoms with Crippen molar-refractivity contribution in [1.29, 1.82) is 5.26 Å². The number of hydrogen-bond acceptors (Lipinski definition) is 3. The molecule has 1 aliphatic rings. The van der Waals surface area contributed by atoms with E-state index in [2.05, 4.69) is 0 Å². The number of amides is 2. The third kappa shape index (κ3) is 1.59. The van der Waals surface area contributed by atoms with Crippen LogP contribution in [0.4, 0.5) is 0 Å². The number of carbonyl (C=O) groups is 2. The van der Waals surface area contributed by atoms with E-state index < -0.39 is 5.91 Å². The minimum atomic E-state index is -0.405. The number of carbonyl (C=O) groups excluding carboxylic acids is 2. The van der Waals surface area contributed by atoms with Gasteiger partial charge in [0.1, 0.15) is 6.42 Å². The van der Waals surface area contributed by atoms with Crippen LogP contribution >= 0.6 is 0 Å². The predicted molar refractivity (Wildman–Crippen MR) is 45.3 cm³/mol. The molecule has 1 rings (SSSR count). The molecule has 0 aromatic carbocycles. The summed E-state index contributed by atoms with van der Waals surface area (Å²) in [5.41, 5.74) is 1.62. The van der Waals surface area contributed by atoms with Gasteiger partial charge in [0.15, 0.2) is 0 Å². The van der Waals surface area contributed by atoms with E-state index in [-0.39, 0.29) is 12.3 Å². The van der Waals surface area contributed by atoms with Crippen molar-refractivity contribution >= 4 is 11.8 Å². The Kier molecular flexibility index (Phi) is 2.47. The number of rotatable bonds is 1. The molecule has 0 aromatic rings. The molecule has 68 valence electrons. The summed E-state index contributed by atoms with van der Waals surface area (Å²) in [6, 6.07) is 1.72. The Balaban J connectivity index is 2.65. The Hall–Kier alpha value is -1.63. The number of allylic oxidation sites excluding steroid dienone is 1. The van der Waals surface area contributed by atoms with Gasteiger partial charge in [-0.05, 0) is 13.8 Å². The Morgan fingerprint density at radius 3 is 2.62 bits per heavy atom. The van der Waals surface area contributed by atoms with Crippen LogP contribution in [0.2, 0.25) is 0 Å². The largest absolute Gasteiger partial charge is 0.273 e. The summed E-state index contributed by atoms with van der Waals surface area (Å²) in [4.78, 5) is 23.4. The molecule has 0 atom stereocenters. The highest BCUT2D eigenvalue weighted by Crippen LogP contribution is 2.20. The summed E-state index contributed by atoms with van der Waals surface area (Å²) in [6.45, 7) is 4.03. The van der Waals surface area contributed by atoms with Crippen molar-refractivity contribution in [3.05, 3.63) is 11.1 Å². The molecule has 0 aliphatic carbocycles. The molecule has 0 saturated carbocycles. The molecule has 1 fully saturated rings. The second-order valence-corrected chi connectivity index (χ2v) is 3.10. The molecule has 0 N–H and O–H groups in total. The van der Waals surface area contributed by atoms with Crippen LogP contribution in [0.5, 0.6) is 0 Å². The van der Waals surface area contributed by atoms with Crippen LogP contribution in [0.15, 0.2) is 11.1 Å². The minimum absolute atomic E-state index is 0.220. The van der Waals surface area contributed by atoms with Gasteiger partial charge in [0.05, 0.1) is 12.6 Å². The van der Waals surface area contributed by atoms with E-state index in [0.29, 0.717) is 12.1 Å². The molecule has 0 radical (unpaired) electrons. The van der Waals surface area contributed by atoms with Gasteiger partial charge in [0.2, 0.25) is 5.91 Å². The highest BCUT2D eigenvalue weighted by atomic mass is 16.2. The van der Waals surface area contributed by atoms with Gasteiger partial charge in [0, 0.05) is 5.57 Å². The van der Waals surface area contributed by atoms with Crippen molar-refractivity contribution in [2.45, 2.75) is 20.3 Å². The lowest BCUT2D eigenvalue weighted by molar-refractivity contribution is -0.146. The Labute approximate surface area is 76.4 Å². The van der Waals surface area contributed by atoms with Crippen molar-refractivity contribution in [2.24, 2.45) is 0 Å². The molecule has 0 bridgehead atoms. The molecular weight excluding hydrogens is 168 g/mol.